The molecule has 1 fully saturated rings. The number of carbonyl (C=O) groups is 1. The molecule has 0 bridgehead atoms. The molecule has 8 heteroatoms. The van der Waals surface area contributed by atoms with Gasteiger partial charge in [-0.05, 0) is 0 Å². The third-order valence-electron chi connectivity index (χ3n) is 2.81. The second-order valence-corrected chi connectivity index (χ2v) is 6.53. The number of nitrogens with one attached hydrogen (secondary N) is 1. The summed E-state index contributed by atoms with van der Waals surface area (Å²) >= 11 is 0. The summed E-state index contributed by atoms with van der Waals surface area (Å²) in [5.41, 5.74) is 0. The maximum absolute atomic E-state index is 11.9. The maximum Gasteiger partial charge on any atom is 0.224 e. The van der Waals surface area contributed by atoms with Crippen molar-refractivity contribution in [1.82, 2.24) is 10.2 Å². The molecule has 0 aliphatic carbocycles. The summed E-state index contributed by atoms with van der Waals surface area (Å²) in [5.74, 6) is -0.188. The van der Waals surface area contributed by atoms with Crippen molar-refractivity contribution in [2.45, 2.75) is 12.5 Å². The number of rotatable bonds is 6. The predicted octanol–water partition coefficient (Wildman–Crippen LogP) is -2.42. The van der Waals surface area contributed by atoms with Crippen molar-refractivity contribution in [2.24, 2.45) is 0 Å². The molecule has 1 aliphatic heterocycles. The fraction of sp³-hybridized carbons (Fsp3) is 0.900. The van der Waals surface area contributed by atoms with E-state index in [1.807, 2.05) is 0 Å². The highest BCUT2D eigenvalue weighted by Crippen LogP contribution is 2.07. The van der Waals surface area contributed by atoms with E-state index in [1.54, 1.807) is 0 Å². The highest BCUT2D eigenvalue weighted by molar-refractivity contribution is 7.91. The van der Waals surface area contributed by atoms with E-state index in [1.165, 1.54) is 4.90 Å². The Bertz CT molecular complexity index is 364. The number of hydrogen-bond acceptors (Lipinski definition) is 6. The van der Waals surface area contributed by atoms with Gasteiger partial charge in [0.15, 0.2) is 9.84 Å². The van der Waals surface area contributed by atoms with Gasteiger partial charge in [0.05, 0.1) is 24.7 Å². The van der Waals surface area contributed by atoms with Gasteiger partial charge >= 0.3 is 0 Å². The Morgan fingerprint density at radius 2 is 1.89 bits per heavy atom. The van der Waals surface area contributed by atoms with Crippen molar-refractivity contribution in [3.63, 3.8) is 0 Å². The zero-order valence-corrected chi connectivity index (χ0v) is 11.0. The van der Waals surface area contributed by atoms with Gasteiger partial charge in [-0.3, -0.25) is 4.79 Å². The van der Waals surface area contributed by atoms with E-state index >= 15 is 0 Å². The van der Waals surface area contributed by atoms with Gasteiger partial charge in [-0.15, -0.1) is 0 Å². The first-order valence-corrected chi connectivity index (χ1v) is 7.74. The summed E-state index contributed by atoms with van der Waals surface area (Å²) in [4.78, 5) is 13.2. The summed E-state index contributed by atoms with van der Waals surface area (Å²) in [6.45, 7) is 0.308. The molecule has 1 unspecified atom stereocenters. The minimum Gasteiger partial charge on any atom is -0.395 e. The van der Waals surface area contributed by atoms with Crippen molar-refractivity contribution in [3.05, 3.63) is 0 Å². The van der Waals surface area contributed by atoms with Gasteiger partial charge in [0.25, 0.3) is 0 Å². The standard InChI is InChI=1S/C10H20N2O5S/c13-4-2-12(3-5-14)10(15)7-9-8-18(16,17)6-1-11-9/h9,11,13-14H,1-8H2. The molecule has 106 valence electrons. The molecule has 0 radical (unpaired) electrons. The number of nitrogens with zero attached hydrogens (tertiary/aromatic N) is 1. The molecular weight excluding hydrogens is 260 g/mol. The molecule has 1 saturated heterocycles. The number of aliphatic hydroxyl groups excluding tert-OH is 2. The zero-order valence-electron chi connectivity index (χ0n) is 10.2. The lowest BCUT2D eigenvalue weighted by Crippen LogP contribution is -2.48. The van der Waals surface area contributed by atoms with Gasteiger partial charge in [0.1, 0.15) is 0 Å². The Morgan fingerprint density at radius 3 is 2.39 bits per heavy atom. The molecule has 0 aromatic heterocycles. The molecule has 0 spiro atoms. The topological polar surface area (TPSA) is 107 Å². The Balaban J connectivity index is 2.51. The van der Waals surface area contributed by atoms with E-state index < -0.39 is 9.84 Å². The van der Waals surface area contributed by atoms with Crippen LogP contribution < -0.4 is 5.32 Å². The molecule has 7 nitrogen and oxygen atoms in total. The second kappa shape index (κ2) is 7.03. The molecule has 1 rings (SSSR count). The summed E-state index contributed by atoms with van der Waals surface area (Å²) in [7, 11) is -3.06. The van der Waals surface area contributed by atoms with Crippen LogP contribution in [-0.4, -0.2) is 79.8 Å². The normalized spacial score (nSPS) is 22.7. The van der Waals surface area contributed by atoms with Crippen LogP contribution in [0.4, 0.5) is 0 Å². The van der Waals surface area contributed by atoms with Crippen molar-refractivity contribution in [2.75, 3.05) is 44.4 Å². The first kappa shape index (κ1) is 15.4. The van der Waals surface area contributed by atoms with Gasteiger partial charge in [-0.1, -0.05) is 0 Å². The summed E-state index contributed by atoms with van der Waals surface area (Å²) in [6.07, 6.45) is 0.0687. The molecule has 1 aliphatic rings. The van der Waals surface area contributed by atoms with Crippen LogP contribution in [0, 0.1) is 0 Å². The number of amides is 1. The summed E-state index contributed by atoms with van der Waals surface area (Å²) in [5, 5.41) is 20.6. The number of sulfone groups is 1. The van der Waals surface area contributed by atoms with E-state index in [2.05, 4.69) is 5.32 Å². The lowest BCUT2D eigenvalue weighted by molar-refractivity contribution is -0.132. The average Bonchev–Trinajstić information content (AvgIpc) is 2.27. The minimum absolute atomic E-state index is 0.0369. The first-order valence-electron chi connectivity index (χ1n) is 5.92. The third kappa shape index (κ3) is 4.89. The van der Waals surface area contributed by atoms with Gasteiger partial charge in [-0.2, -0.15) is 0 Å². The molecule has 1 amide bonds. The lowest BCUT2D eigenvalue weighted by Gasteiger charge is -2.27. The van der Waals surface area contributed by atoms with E-state index in [4.69, 9.17) is 10.2 Å². The molecule has 3 N–H and O–H groups in total. The quantitative estimate of drug-likeness (QED) is 0.500. The summed E-state index contributed by atoms with van der Waals surface area (Å²) in [6, 6.07) is -0.379. The fourth-order valence-electron chi connectivity index (χ4n) is 1.94. The number of aliphatic hydroxyl groups is 2. The fourth-order valence-corrected chi connectivity index (χ4v) is 3.39. The third-order valence-corrected chi connectivity index (χ3v) is 4.55. The van der Waals surface area contributed by atoms with Crippen molar-refractivity contribution in [1.29, 1.82) is 0 Å². The van der Waals surface area contributed by atoms with E-state index in [0.717, 1.165) is 0 Å². The molecular formula is C10H20N2O5S. The van der Waals surface area contributed by atoms with Gasteiger partial charge in [0.2, 0.25) is 5.91 Å². The molecule has 0 aromatic rings. The molecule has 0 aromatic carbocycles. The van der Waals surface area contributed by atoms with Crippen LogP contribution in [-0.2, 0) is 14.6 Å². The Morgan fingerprint density at radius 1 is 1.28 bits per heavy atom. The first-order chi connectivity index (χ1) is 8.48. The minimum atomic E-state index is -3.06. The number of carbonyl (C=O) groups excluding carboxylic acids is 1. The van der Waals surface area contributed by atoms with Crippen LogP contribution in [0.2, 0.25) is 0 Å². The monoisotopic (exact) mass is 280 g/mol. The Hall–Kier alpha value is -0.700. The van der Waals surface area contributed by atoms with Crippen LogP contribution in [0.3, 0.4) is 0 Å². The summed E-state index contributed by atoms with van der Waals surface area (Å²) < 4.78 is 22.8. The van der Waals surface area contributed by atoms with Gasteiger partial charge < -0.3 is 20.4 Å². The second-order valence-electron chi connectivity index (χ2n) is 4.30. The van der Waals surface area contributed by atoms with Gasteiger partial charge in [-0.25, -0.2) is 8.42 Å². The largest absolute Gasteiger partial charge is 0.395 e. The highest BCUT2D eigenvalue weighted by Gasteiger charge is 2.27. The van der Waals surface area contributed by atoms with Crippen LogP contribution in [0.25, 0.3) is 0 Å². The molecule has 0 saturated carbocycles. The van der Waals surface area contributed by atoms with E-state index in [0.29, 0.717) is 6.54 Å². The number of hydrogen-bond donors (Lipinski definition) is 3. The molecule has 1 heterocycles. The highest BCUT2D eigenvalue weighted by atomic mass is 32.2. The molecule has 18 heavy (non-hydrogen) atoms. The Labute approximate surface area is 107 Å². The zero-order chi connectivity index (χ0) is 13.6. The van der Waals surface area contributed by atoms with Crippen molar-refractivity contribution >= 4 is 15.7 Å². The van der Waals surface area contributed by atoms with E-state index in [9.17, 15) is 13.2 Å². The van der Waals surface area contributed by atoms with Crippen LogP contribution >= 0.6 is 0 Å². The smallest absolute Gasteiger partial charge is 0.224 e. The Kier molecular flexibility index (Phi) is 6.00. The lowest BCUT2D eigenvalue weighted by atomic mass is 10.2. The SMILES string of the molecule is O=C(CC1CS(=O)(=O)CCN1)N(CCO)CCO. The average molecular weight is 280 g/mol. The van der Waals surface area contributed by atoms with Crippen molar-refractivity contribution < 1.29 is 23.4 Å². The maximum atomic E-state index is 11.9. The van der Waals surface area contributed by atoms with Crippen LogP contribution in [0.5, 0.6) is 0 Å². The van der Waals surface area contributed by atoms with E-state index in [-0.39, 0.29) is 56.2 Å². The van der Waals surface area contributed by atoms with Crippen LogP contribution in [0.15, 0.2) is 0 Å². The van der Waals surface area contributed by atoms with Crippen LogP contribution in [0.1, 0.15) is 6.42 Å². The van der Waals surface area contributed by atoms with Gasteiger partial charge in [0, 0.05) is 32.1 Å². The molecule has 1 atom stereocenters. The van der Waals surface area contributed by atoms with Crippen molar-refractivity contribution in [3.8, 4) is 0 Å². The predicted molar refractivity (Wildman–Crippen MR) is 65.8 cm³/mol.